The summed E-state index contributed by atoms with van der Waals surface area (Å²) in [4.78, 5) is 38.4. The lowest BCUT2D eigenvalue weighted by molar-refractivity contribution is -0.150. The smallest absolute Gasteiger partial charge is 0.309 e. The van der Waals surface area contributed by atoms with E-state index in [-0.39, 0.29) is 52.9 Å². The van der Waals surface area contributed by atoms with E-state index in [0.29, 0.717) is 32.2 Å². The van der Waals surface area contributed by atoms with Crippen LogP contribution in [0.1, 0.15) is 81.5 Å². The van der Waals surface area contributed by atoms with Crippen LogP contribution in [0.15, 0.2) is 12.1 Å². The molecule has 10 heteroatoms. The number of fused-ring (bicyclic) bond motifs is 2. The lowest BCUT2D eigenvalue weighted by Gasteiger charge is -2.36. The van der Waals surface area contributed by atoms with Crippen molar-refractivity contribution in [2.75, 3.05) is 13.7 Å². The van der Waals surface area contributed by atoms with Crippen LogP contribution in [0.2, 0.25) is 0 Å². The summed E-state index contributed by atoms with van der Waals surface area (Å²) in [6, 6.07) is 4.45. The van der Waals surface area contributed by atoms with Crippen LogP contribution < -0.4 is 20.1 Å². The van der Waals surface area contributed by atoms with E-state index < -0.39 is 28.5 Å². The molecule has 4 saturated carbocycles. The van der Waals surface area contributed by atoms with Crippen LogP contribution in [0.3, 0.4) is 0 Å². The van der Waals surface area contributed by atoms with Gasteiger partial charge < -0.3 is 25.2 Å². The Morgan fingerprint density at radius 3 is 2.40 bits per heavy atom. The van der Waals surface area contributed by atoms with Gasteiger partial charge in [-0.25, -0.2) is 4.39 Å². The third-order valence-electron chi connectivity index (χ3n) is 10.0. The number of benzene rings is 1. The zero-order valence-corrected chi connectivity index (χ0v) is 23.1. The normalized spacial score (nSPS) is 31.9. The quantitative estimate of drug-likeness (QED) is 0.415. The summed E-state index contributed by atoms with van der Waals surface area (Å²) in [5.74, 6) is -2.16. The molecule has 0 spiro atoms. The first kappa shape index (κ1) is 28.2. The van der Waals surface area contributed by atoms with Gasteiger partial charge in [-0.05, 0) is 82.6 Å². The molecule has 4 fully saturated rings. The van der Waals surface area contributed by atoms with Crippen molar-refractivity contribution in [1.82, 2.24) is 10.6 Å². The summed E-state index contributed by atoms with van der Waals surface area (Å²) in [5, 5.41) is 25.1. The van der Waals surface area contributed by atoms with Crippen molar-refractivity contribution in [3.05, 3.63) is 23.5 Å². The molecule has 1 aromatic carbocycles. The van der Waals surface area contributed by atoms with Gasteiger partial charge in [0, 0.05) is 18.7 Å². The van der Waals surface area contributed by atoms with Crippen LogP contribution in [-0.4, -0.2) is 48.7 Å². The highest BCUT2D eigenvalue weighted by Gasteiger charge is 2.52. The highest BCUT2D eigenvalue weighted by molar-refractivity contribution is 5.98. The minimum Gasteiger partial charge on any atom is -0.496 e. The number of ether oxygens (including phenoxy) is 2. The fraction of sp³-hybridized carbons (Fsp3) is 0.667. The molecule has 0 unspecified atom stereocenters. The van der Waals surface area contributed by atoms with E-state index in [1.54, 1.807) is 6.92 Å². The Balaban J connectivity index is 1.28. The number of hydrogen-bond donors (Lipinski definition) is 3. The number of nitriles is 1. The zero-order valence-electron chi connectivity index (χ0n) is 23.1. The van der Waals surface area contributed by atoms with Gasteiger partial charge in [-0.15, -0.1) is 0 Å². The molecule has 5 rings (SSSR count). The Kier molecular flexibility index (Phi) is 7.68. The van der Waals surface area contributed by atoms with E-state index in [9.17, 15) is 29.1 Å². The first-order valence-corrected chi connectivity index (χ1v) is 14.4. The number of carbonyl (C=O) groups excluding carboxylic acids is 2. The van der Waals surface area contributed by atoms with Crippen LogP contribution in [0, 0.1) is 45.7 Å². The average Bonchev–Trinajstić information content (AvgIpc) is 3.52. The van der Waals surface area contributed by atoms with Crippen LogP contribution >= 0.6 is 0 Å². The molecule has 0 saturated heterocycles. The van der Waals surface area contributed by atoms with Gasteiger partial charge in [0.2, 0.25) is 5.91 Å². The van der Waals surface area contributed by atoms with Crippen LogP contribution in [0.5, 0.6) is 11.5 Å². The molecule has 40 heavy (non-hydrogen) atoms. The Hall–Kier alpha value is -3.35. The van der Waals surface area contributed by atoms with E-state index in [1.807, 2.05) is 0 Å². The number of aliphatic carboxylic acids is 1. The molecule has 2 amide bonds. The Bertz CT molecular complexity index is 1220. The molecule has 3 N–H and O–H groups in total. The van der Waals surface area contributed by atoms with Gasteiger partial charge >= 0.3 is 5.97 Å². The summed E-state index contributed by atoms with van der Waals surface area (Å²) >= 11 is 0. The van der Waals surface area contributed by atoms with E-state index in [4.69, 9.17) is 9.47 Å². The zero-order chi connectivity index (χ0) is 28.7. The van der Waals surface area contributed by atoms with Crippen molar-refractivity contribution in [1.29, 1.82) is 5.26 Å². The second-order valence-corrected chi connectivity index (χ2v) is 12.5. The van der Waals surface area contributed by atoms with E-state index in [0.717, 1.165) is 44.6 Å². The van der Waals surface area contributed by atoms with E-state index in [1.165, 1.54) is 13.2 Å². The van der Waals surface area contributed by atoms with Crippen molar-refractivity contribution in [2.45, 2.75) is 83.3 Å². The van der Waals surface area contributed by atoms with Crippen LogP contribution in [0.25, 0.3) is 0 Å². The molecule has 0 aliphatic heterocycles. The number of carboxylic acids is 1. The van der Waals surface area contributed by atoms with Gasteiger partial charge in [0.25, 0.3) is 5.91 Å². The SMILES string of the molecule is COc1cc(F)c(OC2CCC(C)(C(=O)O)CC2)cc1C(=O)N[C@@H]1[C@H]2CC[C@H](C2)[C@@H]1C(=O)NCC1(C#N)CCC1. The molecule has 4 atom stereocenters. The number of hydrogen-bond acceptors (Lipinski definition) is 6. The second-order valence-electron chi connectivity index (χ2n) is 12.5. The third-order valence-corrected chi connectivity index (χ3v) is 10.0. The number of nitrogens with zero attached hydrogens (tertiary/aromatic N) is 1. The van der Waals surface area contributed by atoms with E-state index in [2.05, 4.69) is 16.7 Å². The maximum Gasteiger partial charge on any atom is 0.309 e. The standard InChI is InChI=1S/C30H38FN3O6/c1-29(28(37)38)10-6-19(7-11-29)40-23-13-20(22(39-2)14-21(23)31)26(35)34-25-18-5-4-17(12-18)24(25)27(36)33-16-30(15-32)8-3-9-30/h13-14,17-19,24-25H,3-12,16H2,1-2H3,(H,33,36)(H,34,35)(H,37,38)/t17-,18+,19?,24+,25-,29?/m1/s1. The predicted molar refractivity (Wildman–Crippen MR) is 142 cm³/mol. The predicted octanol–water partition coefficient (Wildman–Crippen LogP) is 4.20. The van der Waals surface area contributed by atoms with Crippen molar-refractivity contribution in [3.8, 4) is 17.6 Å². The molecule has 0 aromatic heterocycles. The lowest BCUT2D eigenvalue weighted by atomic mass is 9.70. The number of methoxy groups -OCH3 is 1. The molecule has 1 aromatic rings. The first-order valence-electron chi connectivity index (χ1n) is 14.4. The maximum absolute atomic E-state index is 14.9. The molecule has 2 bridgehead atoms. The van der Waals surface area contributed by atoms with Gasteiger partial charge in [0.1, 0.15) is 5.75 Å². The first-order chi connectivity index (χ1) is 19.1. The Labute approximate surface area is 233 Å². The molecule has 4 aliphatic carbocycles. The lowest BCUT2D eigenvalue weighted by Crippen LogP contribution is -2.51. The summed E-state index contributed by atoms with van der Waals surface area (Å²) in [6.45, 7) is 2.04. The Morgan fingerprint density at radius 2 is 1.80 bits per heavy atom. The van der Waals surface area contributed by atoms with E-state index >= 15 is 0 Å². The molecule has 216 valence electrons. The molecular formula is C30H38FN3O6. The number of carboxylic acid groups (broad SMARTS) is 1. The summed E-state index contributed by atoms with van der Waals surface area (Å²) in [7, 11) is 1.36. The minimum absolute atomic E-state index is 0.0644. The number of carbonyl (C=O) groups is 3. The van der Waals surface area contributed by atoms with Gasteiger partial charge in [0.05, 0.1) is 41.6 Å². The van der Waals surface area contributed by atoms with Gasteiger partial charge in [0.15, 0.2) is 11.6 Å². The molecule has 9 nitrogen and oxygen atoms in total. The minimum atomic E-state index is -0.847. The fourth-order valence-corrected chi connectivity index (χ4v) is 7.12. The number of halogens is 1. The average molecular weight is 556 g/mol. The van der Waals surface area contributed by atoms with Crippen LogP contribution in [-0.2, 0) is 9.59 Å². The third kappa shape index (κ3) is 5.23. The van der Waals surface area contributed by atoms with Gasteiger partial charge in [-0.1, -0.05) is 6.42 Å². The molecule has 0 radical (unpaired) electrons. The highest BCUT2D eigenvalue weighted by atomic mass is 19.1. The van der Waals surface area contributed by atoms with Crippen molar-refractivity contribution >= 4 is 17.8 Å². The summed E-state index contributed by atoms with van der Waals surface area (Å²) in [6.07, 6.45) is 6.67. The van der Waals surface area contributed by atoms with Crippen molar-refractivity contribution in [2.24, 2.45) is 28.6 Å². The number of rotatable bonds is 9. The number of nitrogens with one attached hydrogen (secondary N) is 2. The van der Waals surface area contributed by atoms with Crippen LogP contribution in [0.4, 0.5) is 4.39 Å². The largest absolute Gasteiger partial charge is 0.496 e. The van der Waals surface area contributed by atoms with Gasteiger partial charge in [-0.3, -0.25) is 14.4 Å². The number of amides is 2. The van der Waals surface area contributed by atoms with Crippen molar-refractivity contribution in [3.63, 3.8) is 0 Å². The van der Waals surface area contributed by atoms with Crippen molar-refractivity contribution < 1.29 is 33.4 Å². The second kappa shape index (κ2) is 10.9. The fourth-order valence-electron chi connectivity index (χ4n) is 7.12. The summed E-state index contributed by atoms with van der Waals surface area (Å²) < 4.78 is 26.2. The maximum atomic E-state index is 14.9. The topological polar surface area (TPSA) is 138 Å². The Morgan fingerprint density at radius 1 is 1.10 bits per heavy atom. The monoisotopic (exact) mass is 555 g/mol. The summed E-state index contributed by atoms with van der Waals surface area (Å²) in [5.41, 5.74) is -1.18. The highest BCUT2D eigenvalue weighted by Crippen LogP contribution is 2.49. The molecule has 0 heterocycles. The molecular weight excluding hydrogens is 517 g/mol. The van der Waals surface area contributed by atoms with Gasteiger partial charge in [-0.2, -0.15) is 5.26 Å². The molecule has 4 aliphatic rings.